The Morgan fingerprint density at radius 3 is 1.45 bits per heavy atom. The van der Waals surface area contributed by atoms with E-state index in [1.165, 1.54) is 55.6 Å². The first-order valence-corrected chi connectivity index (χ1v) is 23.7. The Hall–Kier alpha value is -8.98. The summed E-state index contributed by atoms with van der Waals surface area (Å²) in [4.78, 5) is 2.40. The number of hydrogen-bond acceptors (Lipinski definition) is 2. The number of rotatable bonds is 9. The van der Waals surface area contributed by atoms with Crippen molar-refractivity contribution in [3.05, 3.63) is 295 Å². The molecule has 0 spiro atoms. The number of nitrogens with zero attached hydrogens (tertiary/aromatic N) is 1. The molecule has 0 N–H and O–H groups in total. The molecule has 324 valence electrons. The van der Waals surface area contributed by atoms with Crippen LogP contribution in [0.3, 0.4) is 0 Å². The van der Waals surface area contributed by atoms with Crippen LogP contribution in [0.5, 0.6) is 0 Å². The van der Waals surface area contributed by atoms with E-state index >= 15 is 0 Å². The van der Waals surface area contributed by atoms with Gasteiger partial charge in [0.1, 0.15) is 11.2 Å². The van der Waals surface area contributed by atoms with Crippen LogP contribution in [0.25, 0.3) is 77.6 Å². The van der Waals surface area contributed by atoms with Gasteiger partial charge in [-0.05, 0) is 132 Å². The van der Waals surface area contributed by atoms with E-state index in [0.29, 0.717) is 0 Å². The molecule has 12 aromatic rings. The minimum Gasteiger partial charge on any atom is -0.456 e. The molecular weight excluding hydrogens is 835 g/mol. The van der Waals surface area contributed by atoms with E-state index in [9.17, 15) is 0 Å². The van der Waals surface area contributed by atoms with Gasteiger partial charge in [-0.15, -0.1) is 0 Å². The topological polar surface area (TPSA) is 16.4 Å². The van der Waals surface area contributed by atoms with Crippen molar-refractivity contribution in [1.29, 1.82) is 0 Å². The summed E-state index contributed by atoms with van der Waals surface area (Å²) in [7, 11) is 0. The monoisotopic (exact) mass is 879 g/mol. The van der Waals surface area contributed by atoms with Gasteiger partial charge in [0.2, 0.25) is 0 Å². The second-order valence-corrected chi connectivity index (χ2v) is 18.0. The fourth-order valence-corrected chi connectivity index (χ4v) is 11.0. The van der Waals surface area contributed by atoms with Crippen LogP contribution in [0.15, 0.2) is 277 Å². The van der Waals surface area contributed by atoms with Crippen molar-refractivity contribution in [1.82, 2.24) is 0 Å². The number of hydrogen-bond donors (Lipinski definition) is 0. The maximum atomic E-state index is 6.31. The zero-order chi connectivity index (χ0) is 45.7. The molecule has 13 rings (SSSR count). The normalized spacial score (nSPS) is 12.5. The van der Waals surface area contributed by atoms with E-state index in [-0.39, 0.29) is 0 Å². The van der Waals surface area contributed by atoms with E-state index in [4.69, 9.17) is 4.42 Å². The standard InChI is InChI=1S/C67H45NO/c1-4-17-46(18-5-1)47-33-35-48(36-34-47)50-19-14-25-56(43-50)68(55-40-37-49(38-41-55)51-39-42-60-59-27-11-13-32-64(59)69-65(60)45-51)57-26-15-20-52(44-57)58-29-16-31-63-66(58)61-28-10-12-30-62(61)67(63,53-21-6-2-7-22-53)54-23-8-3-9-24-54/h1-45H. The first-order valence-electron chi connectivity index (χ1n) is 23.7. The van der Waals surface area contributed by atoms with Gasteiger partial charge < -0.3 is 9.32 Å². The van der Waals surface area contributed by atoms with Gasteiger partial charge >= 0.3 is 0 Å². The van der Waals surface area contributed by atoms with Gasteiger partial charge in [-0.1, -0.05) is 218 Å². The maximum absolute atomic E-state index is 6.31. The second kappa shape index (κ2) is 16.7. The van der Waals surface area contributed by atoms with E-state index in [0.717, 1.165) is 61.3 Å². The van der Waals surface area contributed by atoms with Crippen LogP contribution in [0.4, 0.5) is 17.1 Å². The van der Waals surface area contributed by atoms with E-state index in [2.05, 4.69) is 266 Å². The van der Waals surface area contributed by atoms with Gasteiger partial charge in [0.05, 0.1) is 5.41 Å². The summed E-state index contributed by atoms with van der Waals surface area (Å²) >= 11 is 0. The average molecular weight is 880 g/mol. The van der Waals surface area contributed by atoms with Crippen LogP contribution in [0, 0.1) is 0 Å². The van der Waals surface area contributed by atoms with Crippen molar-refractivity contribution in [3.8, 4) is 55.6 Å². The molecule has 69 heavy (non-hydrogen) atoms. The van der Waals surface area contributed by atoms with Gasteiger partial charge in [-0.3, -0.25) is 0 Å². The summed E-state index contributed by atoms with van der Waals surface area (Å²) in [6.07, 6.45) is 0. The summed E-state index contributed by atoms with van der Waals surface area (Å²) in [5, 5.41) is 2.27. The molecule has 0 bridgehead atoms. The van der Waals surface area contributed by atoms with Gasteiger partial charge in [-0.2, -0.15) is 0 Å². The minimum absolute atomic E-state index is 0.482. The van der Waals surface area contributed by atoms with Gasteiger partial charge in [-0.25, -0.2) is 0 Å². The van der Waals surface area contributed by atoms with Crippen LogP contribution in [0.1, 0.15) is 22.3 Å². The molecule has 11 aromatic carbocycles. The molecule has 0 atom stereocenters. The predicted molar refractivity (Wildman–Crippen MR) is 287 cm³/mol. The fraction of sp³-hybridized carbons (Fsp3) is 0.0149. The summed E-state index contributed by atoms with van der Waals surface area (Å²) in [5.74, 6) is 0. The quantitative estimate of drug-likeness (QED) is 0.144. The molecule has 1 heterocycles. The largest absolute Gasteiger partial charge is 0.456 e. The SMILES string of the molecule is c1ccc(-c2ccc(-c3cccc(N(c4ccc(-c5ccc6c(c5)oc5ccccc56)cc4)c4cccc(-c5cccc6c5-c5ccccc5C6(c5ccccc5)c5ccccc5)c4)c3)cc2)cc1. The van der Waals surface area contributed by atoms with Gasteiger partial charge in [0.15, 0.2) is 0 Å². The Kier molecular flexibility index (Phi) is 9.77. The molecule has 1 aromatic heterocycles. The third-order valence-corrected chi connectivity index (χ3v) is 14.2. The molecule has 0 fully saturated rings. The van der Waals surface area contributed by atoms with Crippen molar-refractivity contribution < 1.29 is 4.42 Å². The van der Waals surface area contributed by atoms with Crippen molar-refractivity contribution >= 4 is 39.0 Å². The summed E-state index contributed by atoms with van der Waals surface area (Å²) in [6.45, 7) is 0. The third-order valence-electron chi connectivity index (χ3n) is 14.2. The Labute approximate surface area is 402 Å². The van der Waals surface area contributed by atoms with Crippen LogP contribution < -0.4 is 4.90 Å². The van der Waals surface area contributed by atoms with Crippen LogP contribution in [-0.4, -0.2) is 0 Å². The first-order chi connectivity index (χ1) is 34.2. The Morgan fingerprint density at radius 2 is 0.739 bits per heavy atom. The fourth-order valence-electron chi connectivity index (χ4n) is 11.0. The lowest BCUT2D eigenvalue weighted by Crippen LogP contribution is -2.28. The first kappa shape index (κ1) is 40.3. The molecule has 2 heteroatoms. The highest BCUT2D eigenvalue weighted by atomic mass is 16.3. The molecular formula is C67H45NO. The van der Waals surface area contributed by atoms with Crippen LogP contribution >= 0.6 is 0 Å². The minimum atomic E-state index is -0.482. The molecule has 0 radical (unpaired) electrons. The smallest absolute Gasteiger partial charge is 0.136 e. The Balaban J connectivity index is 0.948. The van der Waals surface area contributed by atoms with Crippen molar-refractivity contribution in [2.75, 3.05) is 4.90 Å². The lowest BCUT2D eigenvalue weighted by molar-refractivity contribution is 0.669. The molecule has 0 saturated carbocycles. The lowest BCUT2D eigenvalue weighted by Gasteiger charge is -2.34. The Bertz CT molecular complexity index is 3780. The van der Waals surface area contributed by atoms with Gasteiger partial charge in [0, 0.05) is 27.8 Å². The van der Waals surface area contributed by atoms with Crippen molar-refractivity contribution in [3.63, 3.8) is 0 Å². The highest BCUT2D eigenvalue weighted by molar-refractivity contribution is 6.06. The molecule has 2 nitrogen and oxygen atoms in total. The zero-order valence-electron chi connectivity index (χ0n) is 37.8. The van der Waals surface area contributed by atoms with E-state index in [1.54, 1.807) is 0 Å². The number of furan rings is 1. The predicted octanol–water partition coefficient (Wildman–Crippen LogP) is 18.1. The average Bonchev–Trinajstić information content (AvgIpc) is 3.96. The number of anilines is 3. The molecule has 0 unspecified atom stereocenters. The molecule has 0 aliphatic heterocycles. The second-order valence-electron chi connectivity index (χ2n) is 18.0. The highest BCUT2D eigenvalue weighted by Crippen LogP contribution is 2.58. The Morgan fingerprint density at radius 1 is 0.275 bits per heavy atom. The van der Waals surface area contributed by atoms with E-state index in [1.807, 2.05) is 12.1 Å². The van der Waals surface area contributed by atoms with Crippen molar-refractivity contribution in [2.45, 2.75) is 5.41 Å². The van der Waals surface area contributed by atoms with Crippen LogP contribution in [0.2, 0.25) is 0 Å². The summed E-state index contributed by atoms with van der Waals surface area (Å²) in [5.41, 5.74) is 21.5. The van der Waals surface area contributed by atoms with Crippen LogP contribution in [-0.2, 0) is 5.41 Å². The zero-order valence-corrected chi connectivity index (χ0v) is 37.8. The number of benzene rings is 11. The van der Waals surface area contributed by atoms with E-state index < -0.39 is 5.41 Å². The molecule has 1 aliphatic carbocycles. The highest BCUT2D eigenvalue weighted by Gasteiger charge is 2.46. The third kappa shape index (κ3) is 6.80. The maximum Gasteiger partial charge on any atom is 0.136 e. The summed E-state index contributed by atoms with van der Waals surface area (Å²) < 4.78 is 6.31. The number of para-hydroxylation sites is 1. The summed E-state index contributed by atoms with van der Waals surface area (Å²) in [6, 6.07) is 99.3. The molecule has 1 aliphatic rings. The lowest BCUT2D eigenvalue weighted by atomic mass is 9.67. The van der Waals surface area contributed by atoms with Gasteiger partial charge in [0.25, 0.3) is 0 Å². The molecule has 0 amide bonds. The molecule has 0 saturated heterocycles. The van der Waals surface area contributed by atoms with Crippen molar-refractivity contribution in [2.24, 2.45) is 0 Å². The number of fused-ring (bicyclic) bond motifs is 6.